The van der Waals surface area contributed by atoms with Gasteiger partial charge >= 0.3 is 0 Å². The summed E-state index contributed by atoms with van der Waals surface area (Å²) in [6.45, 7) is 6.11. The molecule has 1 aromatic rings. The average Bonchev–Trinajstić information content (AvgIpc) is 2.13. The molecule has 17 heavy (non-hydrogen) atoms. The summed E-state index contributed by atoms with van der Waals surface area (Å²) in [5.41, 5.74) is 1.26. The highest BCUT2D eigenvalue weighted by Gasteiger charge is 2.17. The van der Waals surface area contributed by atoms with Crippen LogP contribution in [0.1, 0.15) is 26.3 Å². The highest BCUT2D eigenvalue weighted by Crippen LogP contribution is 2.31. The van der Waals surface area contributed by atoms with Crippen LogP contribution in [0.2, 0.25) is 0 Å². The fourth-order valence-corrected chi connectivity index (χ4v) is 1.87. The molecule has 1 aromatic carbocycles. The topological polar surface area (TPSA) is 81.4 Å². The Kier molecular flexibility index (Phi) is 3.68. The van der Waals surface area contributed by atoms with Gasteiger partial charge in [-0.05, 0) is 23.1 Å². The lowest BCUT2D eigenvalue weighted by molar-refractivity contribution is 0.416. The number of hydrogen-bond donors (Lipinski definition) is 2. The Morgan fingerprint density at radius 3 is 2.29 bits per heavy atom. The van der Waals surface area contributed by atoms with Crippen molar-refractivity contribution < 1.29 is 13.2 Å². The van der Waals surface area contributed by atoms with E-state index in [9.17, 15) is 8.42 Å². The lowest BCUT2D eigenvalue weighted by atomic mass is 9.87. The van der Waals surface area contributed by atoms with Gasteiger partial charge in [-0.2, -0.15) is 8.42 Å². The van der Waals surface area contributed by atoms with Gasteiger partial charge in [0.2, 0.25) is 0 Å². The second-order valence-corrected chi connectivity index (χ2v) is 6.11. The summed E-state index contributed by atoms with van der Waals surface area (Å²) < 4.78 is 29.4. The van der Waals surface area contributed by atoms with Crippen LogP contribution in [0.25, 0.3) is 0 Å². The van der Waals surface area contributed by atoms with Crippen LogP contribution in [0.15, 0.2) is 18.2 Å². The molecule has 0 saturated carbocycles. The van der Waals surface area contributed by atoms with E-state index in [2.05, 4.69) is 4.72 Å². The molecule has 6 heteroatoms. The van der Waals surface area contributed by atoms with Gasteiger partial charge in [-0.15, -0.1) is 0 Å². The van der Waals surface area contributed by atoms with Gasteiger partial charge in [0.15, 0.2) is 0 Å². The molecule has 0 amide bonds. The van der Waals surface area contributed by atoms with Crippen LogP contribution in [0.3, 0.4) is 0 Å². The maximum atomic E-state index is 11.0. The van der Waals surface area contributed by atoms with Crippen molar-refractivity contribution in [2.75, 3.05) is 11.8 Å². The quantitative estimate of drug-likeness (QED) is 0.864. The van der Waals surface area contributed by atoms with E-state index >= 15 is 0 Å². The molecule has 0 aliphatic rings. The standard InChI is InChI=1S/C11H18N2O3S/c1-11(2,3)8-5-6-10(16-4)9(7-8)13-17(12,14)15/h5-7,13H,1-4H3,(H2,12,14,15). The number of hydrogen-bond acceptors (Lipinski definition) is 3. The average molecular weight is 258 g/mol. The van der Waals surface area contributed by atoms with E-state index in [1.165, 1.54) is 7.11 Å². The molecular formula is C11H18N2O3S. The van der Waals surface area contributed by atoms with Crippen molar-refractivity contribution in [1.82, 2.24) is 0 Å². The van der Waals surface area contributed by atoms with Crippen LogP contribution in [-0.4, -0.2) is 15.5 Å². The molecule has 0 aliphatic heterocycles. The van der Waals surface area contributed by atoms with E-state index in [1.807, 2.05) is 26.8 Å². The highest BCUT2D eigenvalue weighted by atomic mass is 32.2. The van der Waals surface area contributed by atoms with Crippen molar-refractivity contribution in [2.45, 2.75) is 26.2 Å². The summed E-state index contributed by atoms with van der Waals surface area (Å²) in [7, 11) is -2.33. The van der Waals surface area contributed by atoms with E-state index in [4.69, 9.17) is 9.88 Å². The maximum absolute atomic E-state index is 11.0. The lowest BCUT2D eigenvalue weighted by Gasteiger charge is -2.21. The second-order valence-electron chi connectivity index (χ2n) is 4.81. The van der Waals surface area contributed by atoms with Crippen LogP contribution < -0.4 is 14.6 Å². The SMILES string of the molecule is COc1ccc(C(C)(C)C)cc1NS(N)(=O)=O. The van der Waals surface area contributed by atoms with Crippen molar-refractivity contribution in [2.24, 2.45) is 5.14 Å². The molecule has 0 atom stereocenters. The number of methoxy groups -OCH3 is 1. The van der Waals surface area contributed by atoms with Crippen molar-refractivity contribution in [3.8, 4) is 5.75 Å². The Balaban J connectivity index is 3.25. The molecule has 96 valence electrons. The van der Waals surface area contributed by atoms with Gasteiger partial charge in [-0.25, -0.2) is 5.14 Å². The molecule has 0 fully saturated rings. The van der Waals surface area contributed by atoms with Gasteiger partial charge in [0, 0.05) is 0 Å². The largest absolute Gasteiger partial charge is 0.495 e. The third-order valence-corrected chi connectivity index (χ3v) is 2.82. The van der Waals surface area contributed by atoms with E-state index < -0.39 is 10.2 Å². The first-order chi connectivity index (χ1) is 7.63. The molecule has 0 radical (unpaired) electrons. The molecule has 0 heterocycles. The summed E-state index contributed by atoms with van der Waals surface area (Å²) in [5, 5.41) is 4.96. The van der Waals surface area contributed by atoms with E-state index in [-0.39, 0.29) is 5.41 Å². The van der Waals surface area contributed by atoms with Crippen molar-refractivity contribution in [3.63, 3.8) is 0 Å². The minimum atomic E-state index is -3.80. The Labute approximate surface area is 102 Å². The first-order valence-corrected chi connectivity index (χ1v) is 6.67. The van der Waals surface area contributed by atoms with Gasteiger partial charge < -0.3 is 4.74 Å². The minimum Gasteiger partial charge on any atom is -0.495 e. The van der Waals surface area contributed by atoms with Gasteiger partial charge in [0.1, 0.15) is 5.75 Å². The molecule has 0 saturated heterocycles. The van der Waals surface area contributed by atoms with Crippen LogP contribution in [0.5, 0.6) is 5.75 Å². The second kappa shape index (κ2) is 4.54. The van der Waals surface area contributed by atoms with Crippen LogP contribution in [-0.2, 0) is 15.6 Å². The van der Waals surface area contributed by atoms with E-state index in [0.717, 1.165) is 5.56 Å². The summed E-state index contributed by atoms with van der Waals surface area (Å²) >= 11 is 0. The molecular weight excluding hydrogens is 240 g/mol. The zero-order valence-corrected chi connectivity index (χ0v) is 11.3. The first-order valence-electron chi connectivity index (χ1n) is 5.12. The third kappa shape index (κ3) is 3.90. The fourth-order valence-electron chi connectivity index (χ4n) is 1.41. The Hall–Kier alpha value is -1.27. The molecule has 0 aliphatic carbocycles. The summed E-state index contributed by atoms with van der Waals surface area (Å²) in [6.07, 6.45) is 0. The van der Waals surface area contributed by atoms with Gasteiger partial charge in [-0.3, -0.25) is 4.72 Å². The number of ether oxygens (including phenoxy) is 1. The molecule has 1 rings (SSSR count). The number of nitrogens with one attached hydrogen (secondary N) is 1. The zero-order chi connectivity index (χ0) is 13.3. The van der Waals surface area contributed by atoms with E-state index in [1.54, 1.807) is 12.1 Å². The van der Waals surface area contributed by atoms with Crippen molar-refractivity contribution in [1.29, 1.82) is 0 Å². The maximum Gasteiger partial charge on any atom is 0.296 e. The lowest BCUT2D eigenvalue weighted by Crippen LogP contribution is -2.22. The molecule has 3 N–H and O–H groups in total. The summed E-state index contributed by atoms with van der Waals surface area (Å²) in [6, 6.07) is 5.34. The van der Waals surface area contributed by atoms with Gasteiger partial charge in [-0.1, -0.05) is 26.8 Å². The van der Waals surface area contributed by atoms with Crippen molar-refractivity contribution in [3.05, 3.63) is 23.8 Å². The predicted octanol–water partition coefficient (Wildman–Crippen LogP) is 1.61. The fraction of sp³-hybridized carbons (Fsp3) is 0.455. The predicted molar refractivity (Wildman–Crippen MR) is 68.4 cm³/mol. The Morgan fingerprint density at radius 2 is 1.88 bits per heavy atom. The van der Waals surface area contributed by atoms with Crippen LogP contribution in [0.4, 0.5) is 5.69 Å². The van der Waals surface area contributed by atoms with E-state index in [0.29, 0.717) is 11.4 Å². The normalized spacial score (nSPS) is 12.3. The van der Waals surface area contributed by atoms with Crippen LogP contribution >= 0.6 is 0 Å². The molecule has 0 bridgehead atoms. The van der Waals surface area contributed by atoms with Crippen molar-refractivity contribution >= 4 is 15.9 Å². The summed E-state index contributed by atoms with van der Waals surface area (Å²) in [4.78, 5) is 0. The molecule has 0 aromatic heterocycles. The minimum absolute atomic E-state index is 0.0823. The van der Waals surface area contributed by atoms with Gasteiger partial charge in [0.05, 0.1) is 12.8 Å². The highest BCUT2D eigenvalue weighted by molar-refractivity contribution is 7.90. The number of benzene rings is 1. The number of nitrogens with two attached hydrogens (primary N) is 1. The zero-order valence-electron chi connectivity index (χ0n) is 10.4. The monoisotopic (exact) mass is 258 g/mol. The summed E-state index contributed by atoms with van der Waals surface area (Å²) in [5.74, 6) is 0.437. The van der Waals surface area contributed by atoms with Gasteiger partial charge in [0.25, 0.3) is 10.2 Å². The molecule has 0 spiro atoms. The first kappa shape index (κ1) is 13.8. The Morgan fingerprint density at radius 1 is 1.29 bits per heavy atom. The smallest absolute Gasteiger partial charge is 0.296 e. The third-order valence-electron chi connectivity index (χ3n) is 2.32. The molecule has 5 nitrogen and oxygen atoms in total. The molecule has 0 unspecified atom stereocenters. The number of anilines is 1. The number of rotatable bonds is 3. The Bertz CT molecular complexity index is 504. The van der Waals surface area contributed by atoms with Crippen LogP contribution in [0, 0.1) is 0 Å².